The molecule has 4 rings (SSSR count). The quantitative estimate of drug-likeness (QED) is 0.496. The van der Waals surface area contributed by atoms with Gasteiger partial charge in [0.25, 0.3) is 11.8 Å². The highest BCUT2D eigenvalue weighted by Gasteiger charge is 2.31. The lowest BCUT2D eigenvalue weighted by atomic mass is 10.2. The van der Waals surface area contributed by atoms with Crippen molar-refractivity contribution in [2.45, 2.75) is 6.92 Å². The van der Waals surface area contributed by atoms with E-state index in [9.17, 15) is 14.4 Å². The third kappa shape index (κ3) is 4.92. The van der Waals surface area contributed by atoms with Gasteiger partial charge in [0.2, 0.25) is 12.7 Å². The topological polar surface area (TPSA) is 97.0 Å². The number of carbonyl (C=O) groups is 3. The highest BCUT2D eigenvalue weighted by molar-refractivity contribution is 8.26. The number of benzene rings is 2. The molecule has 0 radical (unpaired) electrons. The fraction of sp³-hybridized carbons (Fsp3) is 0.182. The summed E-state index contributed by atoms with van der Waals surface area (Å²) in [4.78, 5) is 38.4. The molecule has 32 heavy (non-hydrogen) atoms. The minimum atomic E-state index is -0.307. The van der Waals surface area contributed by atoms with Crippen molar-refractivity contribution < 1.29 is 23.9 Å². The molecule has 0 saturated carbocycles. The molecule has 0 unspecified atom stereocenters. The van der Waals surface area contributed by atoms with Gasteiger partial charge in [0, 0.05) is 31.3 Å². The van der Waals surface area contributed by atoms with E-state index in [0.29, 0.717) is 32.0 Å². The Balaban J connectivity index is 1.35. The molecule has 2 heterocycles. The van der Waals surface area contributed by atoms with Crippen molar-refractivity contribution in [1.82, 2.24) is 10.2 Å². The molecule has 0 bridgehead atoms. The van der Waals surface area contributed by atoms with Crippen molar-refractivity contribution in [2.75, 3.05) is 25.2 Å². The molecule has 2 aliphatic heterocycles. The molecule has 2 aliphatic rings. The van der Waals surface area contributed by atoms with Crippen LogP contribution in [0.1, 0.15) is 22.8 Å². The summed E-state index contributed by atoms with van der Waals surface area (Å²) in [5, 5.41) is 5.41. The summed E-state index contributed by atoms with van der Waals surface area (Å²) in [7, 11) is 0. The van der Waals surface area contributed by atoms with Crippen LogP contribution >= 0.6 is 24.0 Å². The first-order valence-corrected chi connectivity index (χ1v) is 10.9. The van der Waals surface area contributed by atoms with E-state index in [1.54, 1.807) is 36.4 Å². The number of nitrogens with zero attached hydrogens (tertiary/aromatic N) is 1. The lowest BCUT2D eigenvalue weighted by Gasteiger charge is -2.15. The molecule has 2 aromatic carbocycles. The van der Waals surface area contributed by atoms with Gasteiger partial charge in [0.05, 0.1) is 4.91 Å². The van der Waals surface area contributed by atoms with E-state index in [-0.39, 0.29) is 37.6 Å². The van der Waals surface area contributed by atoms with Crippen LogP contribution in [0.15, 0.2) is 47.4 Å². The zero-order valence-corrected chi connectivity index (χ0v) is 18.7. The van der Waals surface area contributed by atoms with Gasteiger partial charge in [-0.25, -0.2) is 0 Å². The first kappa shape index (κ1) is 21.8. The van der Waals surface area contributed by atoms with E-state index in [1.807, 2.05) is 12.1 Å². The molecule has 0 aliphatic carbocycles. The van der Waals surface area contributed by atoms with Gasteiger partial charge in [-0.15, -0.1) is 0 Å². The summed E-state index contributed by atoms with van der Waals surface area (Å²) >= 11 is 6.57. The number of amides is 3. The van der Waals surface area contributed by atoms with Gasteiger partial charge in [0.15, 0.2) is 11.5 Å². The molecular formula is C22H19N3O5S2. The number of carbonyl (C=O) groups excluding carboxylic acids is 3. The number of ether oxygens (including phenoxy) is 2. The third-order valence-electron chi connectivity index (χ3n) is 4.63. The van der Waals surface area contributed by atoms with Gasteiger partial charge in [-0.1, -0.05) is 36.1 Å². The zero-order chi connectivity index (χ0) is 22.7. The summed E-state index contributed by atoms with van der Waals surface area (Å²) in [6.07, 6.45) is 1.76. The Labute approximate surface area is 193 Å². The van der Waals surface area contributed by atoms with E-state index < -0.39 is 0 Å². The van der Waals surface area contributed by atoms with E-state index in [4.69, 9.17) is 21.7 Å². The lowest BCUT2D eigenvalue weighted by molar-refractivity contribution is -0.122. The number of rotatable bonds is 6. The van der Waals surface area contributed by atoms with Crippen LogP contribution < -0.4 is 20.1 Å². The summed E-state index contributed by atoms with van der Waals surface area (Å²) in [5.41, 5.74) is 1.75. The molecular weight excluding hydrogens is 450 g/mol. The number of hydrogen-bond acceptors (Lipinski definition) is 7. The molecule has 8 nitrogen and oxygen atoms in total. The predicted molar refractivity (Wildman–Crippen MR) is 126 cm³/mol. The Morgan fingerprint density at radius 3 is 2.81 bits per heavy atom. The van der Waals surface area contributed by atoms with E-state index in [2.05, 4.69) is 10.6 Å². The van der Waals surface area contributed by atoms with Gasteiger partial charge >= 0.3 is 0 Å². The normalized spacial score (nSPS) is 15.9. The molecule has 1 saturated heterocycles. The predicted octanol–water partition coefficient (Wildman–Crippen LogP) is 3.00. The number of anilines is 1. The van der Waals surface area contributed by atoms with Crippen molar-refractivity contribution in [3.63, 3.8) is 0 Å². The molecule has 0 atom stereocenters. The van der Waals surface area contributed by atoms with Crippen LogP contribution in [0.5, 0.6) is 11.5 Å². The zero-order valence-electron chi connectivity index (χ0n) is 17.0. The van der Waals surface area contributed by atoms with Crippen LogP contribution in [0.25, 0.3) is 6.08 Å². The van der Waals surface area contributed by atoms with Crippen LogP contribution in [-0.2, 0) is 9.59 Å². The van der Waals surface area contributed by atoms with Crippen molar-refractivity contribution in [2.24, 2.45) is 0 Å². The highest BCUT2D eigenvalue weighted by atomic mass is 32.2. The van der Waals surface area contributed by atoms with Crippen molar-refractivity contribution in [3.8, 4) is 11.5 Å². The van der Waals surface area contributed by atoms with Crippen molar-refractivity contribution >= 4 is 57.8 Å². The van der Waals surface area contributed by atoms with Gasteiger partial charge < -0.3 is 20.1 Å². The molecule has 10 heteroatoms. The Morgan fingerprint density at radius 2 is 2.00 bits per heavy atom. The molecule has 1 fully saturated rings. The van der Waals surface area contributed by atoms with Gasteiger partial charge in [0.1, 0.15) is 4.32 Å². The average Bonchev–Trinajstić information content (AvgIpc) is 3.32. The summed E-state index contributed by atoms with van der Waals surface area (Å²) < 4.78 is 11.1. The molecule has 2 aromatic rings. The fourth-order valence-corrected chi connectivity index (χ4v) is 4.48. The highest BCUT2D eigenvalue weighted by Crippen LogP contribution is 2.36. The minimum Gasteiger partial charge on any atom is -0.454 e. The van der Waals surface area contributed by atoms with Gasteiger partial charge in [-0.2, -0.15) is 0 Å². The Bertz CT molecular complexity index is 1150. The number of fused-ring (bicyclic) bond motifs is 1. The van der Waals surface area contributed by atoms with Crippen LogP contribution in [0.4, 0.5) is 5.69 Å². The van der Waals surface area contributed by atoms with E-state index >= 15 is 0 Å². The standard InChI is InChI=1S/C22H19N3O5S2/c1-13(26)24-16-4-2-3-15(11-16)20(27)23-7-8-25-21(28)19(32-22(25)31)10-14-5-6-17-18(9-14)30-12-29-17/h2-6,9-11H,7-8,12H2,1H3,(H,23,27)(H,24,26). The number of nitrogens with one attached hydrogen (secondary N) is 2. The first-order valence-electron chi connectivity index (χ1n) is 9.71. The van der Waals surface area contributed by atoms with Crippen LogP contribution in [0.2, 0.25) is 0 Å². The largest absolute Gasteiger partial charge is 0.454 e. The molecule has 0 spiro atoms. The Hall–Kier alpha value is -3.37. The van der Waals surface area contributed by atoms with Gasteiger partial charge in [-0.3, -0.25) is 19.3 Å². The number of hydrogen-bond donors (Lipinski definition) is 2. The second kappa shape index (κ2) is 9.41. The smallest absolute Gasteiger partial charge is 0.266 e. The lowest BCUT2D eigenvalue weighted by Crippen LogP contribution is -2.37. The summed E-state index contributed by atoms with van der Waals surface area (Å²) in [6.45, 7) is 2.06. The van der Waals surface area contributed by atoms with E-state index in [1.165, 1.54) is 23.6 Å². The van der Waals surface area contributed by atoms with Crippen LogP contribution in [0.3, 0.4) is 0 Å². The van der Waals surface area contributed by atoms with Gasteiger partial charge in [-0.05, 0) is 42.0 Å². The fourth-order valence-electron chi connectivity index (χ4n) is 3.17. The average molecular weight is 470 g/mol. The maximum Gasteiger partial charge on any atom is 0.266 e. The SMILES string of the molecule is CC(=O)Nc1cccc(C(=O)NCCN2C(=O)C(=Cc3ccc4c(c3)OCO4)SC2=S)c1. The summed E-state index contributed by atoms with van der Waals surface area (Å²) in [6, 6.07) is 12.1. The maximum atomic E-state index is 12.8. The molecule has 2 N–H and O–H groups in total. The monoisotopic (exact) mass is 469 g/mol. The molecule has 3 amide bonds. The first-order chi connectivity index (χ1) is 15.4. The third-order valence-corrected chi connectivity index (χ3v) is 6.01. The van der Waals surface area contributed by atoms with E-state index in [0.717, 1.165) is 5.56 Å². The Kier molecular flexibility index (Phi) is 6.42. The second-order valence-electron chi connectivity index (χ2n) is 6.96. The van der Waals surface area contributed by atoms with Crippen LogP contribution in [-0.4, -0.2) is 46.8 Å². The number of thioether (sulfide) groups is 1. The molecule has 0 aromatic heterocycles. The number of thiocarbonyl (C=S) groups is 1. The maximum absolute atomic E-state index is 12.8. The van der Waals surface area contributed by atoms with Crippen molar-refractivity contribution in [3.05, 3.63) is 58.5 Å². The van der Waals surface area contributed by atoms with Crippen molar-refractivity contribution in [1.29, 1.82) is 0 Å². The minimum absolute atomic E-state index is 0.185. The Morgan fingerprint density at radius 1 is 1.19 bits per heavy atom. The second-order valence-corrected chi connectivity index (χ2v) is 8.64. The summed E-state index contributed by atoms with van der Waals surface area (Å²) in [5.74, 6) is 0.580. The molecule has 164 valence electrons. The van der Waals surface area contributed by atoms with Crippen LogP contribution in [0, 0.1) is 0 Å².